The lowest BCUT2D eigenvalue weighted by Crippen LogP contribution is -2.36. The molecule has 0 fully saturated rings. The summed E-state index contributed by atoms with van der Waals surface area (Å²) in [5.74, 6) is 0.878. The van der Waals surface area contributed by atoms with Crippen LogP contribution in [0.2, 0.25) is 0 Å². The lowest BCUT2D eigenvalue weighted by Gasteiger charge is -2.27. The van der Waals surface area contributed by atoms with Gasteiger partial charge in [-0.3, -0.25) is 0 Å². The minimum absolute atomic E-state index is 0.125. The molecule has 2 rings (SSSR count). The molecule has 0 aliphatic carbocycles. The van der Waals surface area contributed by atoms with Gasteiger partial charge in [-0.15, -0.1) is 10.2 Å². The molecule has 2 heterocycles. The normalized spacial score (nSPS) is 12.2. The molecule has 2 aromatic rings. The van der Waals surface area contributed by atoms with E-state index in [9.17, 15) is 0 Å². The second-order valence-corrected chi connectivity index (χ2v) is 4.46. The molecule has 0 aliphatic rings. The van der Waals surface area contributed by atoms with E-state index < -0.39 is 0 Å². The summed E-state index contributed by atoms with van der Waals surface area (Å²) in [7, 11) is 0. The molecule has 0 saturated heterocycles. The Bertz CT molecular complexity index is 504. The summed E-state index contributed by atoms with van der Waals surface area (Å²) in [5.41, 5.74) is 7.55. The van der Waals surface area contributed by atoms with Crippen molar-refractivity contribution in [1.82, 2.24) is 19.8 Å². The Morgan fingerprint density at radius 1 is 1.24 bits per heavy atom. The zero-order chi connectivity index (χ0) is 12.5. The lowest BCUT2D eigenvalue weighted by atomic mass is 9.81. The van der Waals surface area contributed by atoms with E-state index >= 15 is 0 Å². The Kier molecular flexibility index (Phi) is 3.11. The van der Waals surface area contributed by atoms with Gasteiger partial charge in [0, 0.05) is 12.0 Å². The second kappa shape index (κ2) is 4.41. The molecular formula is C12H19N5. The van der Waals surface area contributed by atoms with Gasteiger partial charge in [0.05, 0.1) is 5.69 Å². The first kappa shape index (κ1) is 12.0. The molecule has 5 nitrogen and oxygen atoms in total. The Morgan fingerprint density at radius 2 is 1.94 bits per heavy atom. The lowest BCUT2D eigenvalue weighted by molar-refractivity contribution is 0.374. The topological polar surface area (TPSA) is 69.1 Å². The van der Waals surface area contributed by atoms with Crippen LogP contribution in [0.4, 0.5) is 0 Å². The number of nitrogens with zero attached hydrogens (tertiary/aromatic N) is 4. The van der Waals surface area contributed by atoms with Gasteiger partial charge in [-0.1, -0.05) is 13.8 Å². The molecule has 0 saturated carbocycles. The van der Waals surface area contributed by atoms with Crippen molar-refractivity contribution in [2.24, 2.45) is 5.73 Å². The summed E-state index contributed by atoms with van der Waals surface area (Å²) in [4.78, 5) is 0. The molecule has 92 valence electrons. The summed E-state index contributed by atoms with van der Waals surface area (Å²) < 4.78 is 1.83. The predicted octanol–water partition coefficient (Wildman–Crippen LogP) is 1.45. The average molecular weight is 233 g/mol. The van der Waals surface area contributed by atoms with Crippen LogP contribution in [0.1, 0.15) is 38.2 Å². The number of aromatic nitrogens is 4. The molecule has 0 unspecified atom stereocenters. The first-order valence-corrected chi connectivity index (χ1v) is 6.06. The highest BCUT2D eigenvalue weighted by atomic mass is 15.4. The zero-order valence-electron chi connectivity index (χ0n) is 10.6. The second-order valence-electron chi connectivity index (χ2n) is 4.46. The van der Waals surface area contributed by atoms with E-state index in [4.69, 9.17) is 5.73 Å². The molecule has 0 aliphatic heterocycles. The molecule has 0 aromatic carbocycles. The molecule has 0 radical (unpaired) electrons. The fourth-order valence-electron chi connectivity index (χ4n) is 2.16. The van der Waals surface area contributed by atoms with Crippen LogP contribution >= 0.6 is 0 Å². The van der Waals surface area contributed by atoms with Crippen molar-refractivity contribution >= 4 is 5.65 Å². The number of aryl methyl sites for hydroxylation is 1. The highest BCUT2D eigenvalue weighted by Gasteiger charge is 2.32. The van der Waals surface area contributed by atoms with Crippen molar-refractivity contribution in [1.29, 1.82) is 0 Å². The van der Waals surface area contributed by atoms with E-state index in [0.29, 0.717) is 6.54 Å². The number of hydrogen-bond donors (Lipinski definition) is 1. The summed E-state index contributed by atoms with van der Waals surface area (Å²) in [6.07, 6.45) is 1.88. The molecule has 0 spiro atoms. The highest BCUT2D eigenvalue weighted by molar-refractivity contribution is 5.37. The molecule has 2 N–H and O–H groups in total. The van der Waals surface area contributed by atoms with E-state index in [0.717, 1.165) is 30.0 Å². The predicted molar refractivity (Wildman–Crippen MR) is 66.8 cm³/mol. The van der Waals surface area contributed by atoms with Gasteiger partial charge < -0.3 is 5.73 Å². The summed E-state index contributed by atoms with van der Waals surface area (Å²) in [5, 5.41) is 12.9. The van der Waals surface area contributed by atoms with Gasteiger partial charge in [0.25, 0.3) is 0 Å². The van der Waals surface area contributed by atoms with Crippen LogP contribution in [0.3, 0.4) is 0 Å². The Morgan fingerprint density at radius 3 is 2.53 bits per heavy atom. The fourth-order valence-corrected chi connectivity index (χ4v) is 2.16. The van der Waals surface area contributed by atoms with Crippen molar-refractivity contribution < 1.29 is 0 Å². The molecule has 17 heavy (non-hydrogen) atoms. The van der Waals surface area contributed by atoms with Gasteiger partial charge >= 0.3 is 0 Å². The van der Waals surface area contributed by atoms with Gasteiger partial charge in [-0.2, -0.15) is 9.61 Å². The molecule has 5 heteroatoms. The minimum atomic E-state index is -0.125. The summed E-state index contributed by atoms with van der Waals surface area (Å²) in [6, 6.07) is 3.88. The van der Waals surface area contributed by atoms with Crippen molar-refractivity contribution in [2.75, 3.05) is 6.54 Å². The maximum atomic E-state index is 5.94. The Hall–Kier alpha value is -1.49. The van der Waals surface area contributed by atoms with E-state index in [1.165, 1.54) is 0 Å². The zero-order valence-corrected chi connectivity index (χ0v) is 10.6. The van der Waals surface area contributed by atoms with Crippen LogP contribution in [-0.2, 0) is 5.41 Å². The van der Waals surface area contributed by atoms with Crippen LogP contribution in [0.15, 0.2) is 12.1 Å². The number of fused-ring (bicyclic) bond motifs is 1. The quantitative estimate of drug-likeness (QED) is 0.867. The van der Waals surface area contributed by atoms with Gasteiger partial charge in [0.15, 0.2) is 11.5 Å². The van der Waals surface area contributed by atoms with Crippen molar-refractivity contribution in [3.8, 4) is 0 Å². The van der Waals surface area contributed by atoms with Gasteiger partial charge in [-0.05, 0) is 31.9 Å². The van der Waals surface area contributed by atoms with Crippen LogP contribution in [0, 0.1) is 6.92 Å². The molecule has 0 bridgehead atoms. The third-order valence-corrected chi connectivity index (χ3v) is 3.61. The SMILES string of the molecule is CCC(CC)(CN)c1nnc2ccc(C)nn12. The summed E-state index contributed by atoms with van der Waals surface area (Å²) >= 11 is 0. The smallest absolute Gasteiger partial charge is 0.177 e. The largest absolute Gasteiger partial charge is 0.329 e. The van der Waals surface area contributed by atoms with Crippen LogP contribution in [0.5, 0.6) is 0 Å². The minimum Gasteiger partial charge on any atom is -0.329 e. The van der Waals surface area contributed by atoms with E-state index in [1.807, 2.05) is 23.6 Å². The van der Waals surface area contributed by atoms with Crippen LogP contribution in [-0.4, -0.2) is 26.4 Å². The maximum absolute atomic E-state index is 5.94. The van der Waals surface area contributed by atoms with E-state index in [-0.39, 0.29) is 5.41 Å². The molecular weight excluding hydrogens is 214 g/mol. The van der Waals surface area contributed by atoms with E-state index in [1.54, 1.807) is 0 Å². The first-order chi connectivity index (χ1) is 8.16. The van der Waals surface area contributed by atoms with Crippen molar-refractivity contribution in [2.45, 2.75) is 39.0 Å². The van der Waals surface area contributed by atoms with Crippen LogP contribution < -0.4 is 5.73 Å². The van der Waals surface area contributed by atoms with Gasteiger partial charge in [0.1, 0.15) is 0 Å². The highest BCUT2D eigenvalue weighted by Crippen LogP contribution is 2.28. The number of hydrogen-bond acceptors (Lipinski definition) is 4. The van der Waals surface area contributed by atoms with Crippen LogP contribution in [0.25, 0.3) is 5.65 Å². The van der Waals surface area contributed by atoms with Gasteiger partial charge in [0.2, 0.25) is 0 Å². The number of rotatable bonds is 4. The average Bonchev–Trinajstić information content (AvgIpc) is 2.76. The fraction of sp³-hybridized carbons (Fsp3) is 0.583. The van der Waals surface area contributed by atoms with Gasteiger partial charge in [-0.25, -0.2) is 0 Å². The maximum Gasteiger partial charge on any atom is 0.177 e. The first-order valence-electron chi connectivity index (χ1n) is 6.06. The molecule has 2 aromatic heterocycles. The monoisotopic (exact) mass is 233 g/mol. The standard InChI is InChI=1S/C12H19N5/c1-4-12(5-2,8-13)11-15-14-10-7-6-9(3)16-17(10)11/h6-7H,4-5,8,13H2,1-3H3. The summed E-state index contributed by atoms with van der Waals surface area (Å²) in [6.45, 7) is 6.79. The third kappa shape index (κ3) is 1.80. The van der Waals surface area contributed by atoms with Crippen molar-refractivity contribution in [3.05, 3.63) is 23.7 Å². The Labute approximate surface area is 101 Å². The van der Waals surface area contributed by atoms with Crippen molar-refractivity contribution in [3.63, 3.8) is 0 Å². The molecule has 0 amide bonds. The molecule has 0 atom stereocenters. The Balaban J connectivity index is 2.65. The number of nitrogens with two attached hydrogens (primary N) is 1. The third-order valence-electron chi connectivity index (χ3n) is 3.61. The van der Waals surface area contributed by atoms with E-state index in [2.05, 4.69) is 29.1 Å².